The number of anilines is 1. The molecule has 3 N–H and O–H groups in total. The standard InChI is InChI=1S/C10H12N2O/c11-8-5-6-10(13)12-9-4-2-1-3-7(8)9/h1-4,8H,5-6,11H2,(H,12,13)/t8-/m0/s1. The van der Waals surface area contributed by atoms with Crippen molar-refractivity contribution in [3.63, 3.8) is 0 Å². The lowest BCUT2D eigenvalue weighted by Gasteiger charge is -2.10. The maximum absolute atomic E-state index is 11.2. The first-order valence-electron chi connectivity index (χ1n) is 4.42. The van der Waals surface area contributed by atoms with Gasteiger partial charge < -0.3 is 11.1 Å². The number of amides is 1. The molecular weight excluding hydrogens is 164 g/mol. The van der Waals surface area contributed by atoms with E-state index in [2.05, 4.69) is 5.32 Å². The zero-order chi connectivity index (χ0) is 9.26. The van der Waals surface area contributed by atoms with Gasteiger partial charge in [0.1, 0.15) is 0 Å². The van der Waals surface area contributed by atoms with Crippen molar-refractivity contribution >= 4 is 11.6 Å². The number of carbonyl (C=O) groups is 1. The molecule has 3 nitrogen and oxygen atoms in total. The minimum Gasteiger partial charge on any atom is -0.326 e. The Morgan fingerprint density at radius 3 is 3.00 bits per heavy atom. The summed E-state index contributed by atoms with van der Waals surface area (Å²) in [7, 11) is 0. The Morgan fingerprint density at radius 2 is 2.15 bits per heavy atom. The van der Waals surface area contributed by atoms with Crippen LogP contribution in [0.1, 0.15) is 24.4 Å². The van der Waals surface area contributed by atoms with Gasteiger partial charge in [0.25, 0.3) is 0 Å². The third-order valence-electron chi connectivity index (χ3n) is 2.32. The summed E-state index contributed by atoms with van der Waals surface area (Å²) in [5, 5.41) is 2.83. The van der Waals surface area contributed by atoms with Crippen LogP contribution in [0.15, 0.2) is 24.3 Å². The Labute approximate surface area is 76.9 Å². The van der Waals surface area contributed by atoms with E-state index >= 15 is 0 Å². The molecule has 0 bridgehead atoms. The van der Waals surface area contributed by atoms with Crippen LogP contribution in [0.4, 0.5) is 5.69 Å². The molecule has 1 aromatic rings. The van der Waals surface area contributed by atoms with E-state index in [0.717, 1.165) is 17.7 Å². The fraction of sp³-hybridized carbons (Fsp3) is 0.300. The highest BCUT2D eigenvalue weighted by atomic mass is 16.1. The van der Waals surface area contributed by atoms with Crippen LogP contribution in [-0.2, 0) is 4.79 Å². The number of carbonyl (C=O) groups excluding carboxylic acids is 1. The predicted molar refractivity (Wildman–Crippen MR) is 51.2 cm³/mol. The van der Waals surface area contributed by atoms with Gasteiger partial charge in [-0.2, -0.15) is 0 Å². The second-order valence-electron chi connectivity index (χ2n) is 3.28. The van der Waals surface area contributed by atoms with Crippen molar-refractivity contribution in [1.82, 2.24) is 0 Å². The van der Waals surface area contributed by atoms with Gasteiger partial charge in [0.2, 0.25) is 5.91 Å². The van der Waals surface area contributed by atoms with E-state index in [1.807, 2.05) is 24.3 Å². The maximum Gasteiger partial charge on any atom is 0.224 e. The van der Waals surface area contributed by atoms with Crippen molar-refractivity contribution in [2.24, 2.45) is 5.73 Å². The molecule has 0 saturated heterocycles. The Morgan fingerprint density at radius 1 is 1.38 bits per heavy atom. The second-order valence-corrected chi connectivity index (χ2v) is 3.28. The lowest BCUT2D eigenvalue weighted by atomic mass is 10.0. The number of nitrogens with one attached hydrogen (secondary N) is 1. The zero-order valence-corrected chi connectivity index (χ0v) is 7.29. The van der Waals surface area contributed by atoms with Crippen molar-refractivity contribution in [3.05, 3.63) is 29.8 Å². The molecule has 0 fully saturated rings. The number of nitrogens with two attached hydrogens (primary N) is 1. The second kappa shape index (κ2) is 3.18. The van der Waals surface area contributed by atoms with E-state index in [4.69, 9.17) is 5.73 Å². The number of benzene rings is 1. The Bertz CT molecular complexity index is 335. The zero-order valence-electron chi connectivity index (χ0n) is 7.29. The third kappa shape index (κ3) is 1.55. The van der Waals surface area contributed by atoms with E-state index in [1.54, 1.807) is 0 Å². The number of para-hydroxylation sites is 1. The molecule has 1 heterocycles. The smallest absolute Gasteiger partial charge is 0.224 e. The minimum atomic E-state index is -0.0184. The van der Waals surface area contributed by atoms with Crippen LogP contribution in [0.2, 0.25) is 0 Å². The normalized spacial score (nSPS) is 21.6. The monoisotopic (exact) mass is 176 g/mol. The Balaban J connectivity index is 2.43. The average Bonchev–Trinajstić information content (AvgIpc) is 2.27. The number of rotatable bonds is 0. The third-order valence-corrected chi connectivity index (χ3v) is 2.32. The predicted octanol–water partition coefficient (Wildman–Crippen LogP) is 1.42. The molecule has 3 heteroatoms. The van der Waals surface area contributed by atoms with Crippen LogP contribution in [0, 0.1) is 0 Å². The van der Waals surface area contributed by atoms with Gasteiger partial charge in [0.15, 0.2) is 0 Å². The van der Waals surface area contributed by atoms with Gasteiger partial charge in [0.05, 0.1) is 0 Å². The molecule has 1 atom stereocenters. The molecule has 13 heavy (non-hydrogen) atoms. The largest absolute Gasteiger partial charge is 0.326 e. The summed E-state index contributed by atoms with van der Waals surface area (Å²) in [6.45, 7) is 0. The molecule has 0 radical (unpaired) electrons. The molecule has 0 aromatic heterocycles. The average molecular weight is 176 g/mol. The summed E-state index contributed by atoms with van der Waals surface area (Å²) in [6, 6.07) is 7.67. The van der Waals surface area contributed by atoms with Crippen molar-refractivity contribution < 1.29 is 4.79 Å². The van der Waals surface area contributed by atoms with E-state index in [1.165, 1.54) is 0 Å². The first-order chi connectivity index (χ1) is 6.27. The molecule has 1 aromatic carbocycles. The lowest BCUT2D eigenvalue weighted by molar-refractivity contribution is -0.116. The number of fused-ring (bicyclic) bond motifs is 1. The number of hydrogen-bond acceptors (Lipinski definition) is 2. The summed E-state index contributed by atoms with van der Waals surface area (Å²) in [6.07, 6.45) is 1.23. The van der Waals surface area contributed by atoms with Crippen LogP contribution in [-0.4, -0.2) is 5.91 Å². The highest BCUT2D eigenvalue weighted by molar-refractivity contribution is 5.92. The van der Waals surface area contributed by atoms with Gasteiger partial charge in [-0.05, 0) is 18.1 Å². The Hall–Kier alpha value is -1.35. The summed E-state index contributed by atoms with van der Waals surface area (Å²) in [4.78, 5) is 11.2. The molecule has 1 aliphatic heterocycles. The molecule has 2 rings (SSSR count). The van der Waals surface area contributed by atoms with Gasteiger partial charge in [0, 0.05) is 18.2 Å². The summed E-state index contributed by atoms with van der Waals surface area (Å²) in [5.74, 6) is 0.0559. The fourth-order valence-electron chi connectivity index (χ4n) is 1.59. The molecule has 1 aliphatic rings. The van der Waals surface area contributed by atoms with E-state index in [0.29, 0.717) is 6.42 Å². The highest BCUT2D eigenvalue weighted by Crippen LogP contribution is 2.27. The lowest BCUT2D eigenvalue weighted by Crippen LogP contribution is -2.09. The van der Waals surface area contributed by atoms with Crippen molar-refractivity contribution in [1.29, 1.82) is 0 Å². The van der Waals surface area contributed by atoms with Crippen LogP contribution in [0.5, 0.6) is 0 Å². The molecule has 0 saturated carbocycles. The van der Waals surface area contributed by atoms with Crippen LogP contribution in [0.25, 0.3) is 0 Å². The summed E-state index contributed by atoms with van der Waals surface area (Å²) >= 11 is 0. The van der Waals surface area contributed by atoms with Crippen LogP contribution < -0.4 is 11.1 Å². The SMILES string of the molecule is N[C@H]1CCC(=O)Nc2ccccc21. The van der Waals surface area contributed by atoms with Crippen LogP contribution in [0.3, 0.4) is 0 Å². The van der Waals surface area contributed by atoms with Gasteiger partial charge in [-0.1, -0.05) is 18.2 Å². The maximum atomic E-state index is 11.2. The quantitative estimate of drug-likeness (QED) is 0.628. The van der Waals surface area contributed by atoms with Gasteiger partial charge in [-0.15, -0.1) is 0 Å². The molecule has 0 spiro atoms. The fourth-order valence-corrected chi connectivity index (χ4v) is 1.59. The first-order valence-corrected chi connectivity index (χ1v) is 4.42. The van der Waals surface area contributed by atoms with Gasteiger partial charge >= 0.3 is 0 Å². The van der Waals surface area contributed by atoms with Crippen molar-refractivity contribution in [2.75, 3.05) is 5.32 Å². The molecule has 0 unspecified atom stereocenters. The minimum absolute atomic E-state index is 0.0184. The van der Waals surface area contributed by atoms with E-state index in [9.17, 15) is 4.79 Å². The highest BCUT2D eigenvalue weighted by Gasteiger charge is 2.17. The topological polar surface area (TPSA) is 55.1 Å². The van der Waals surface area contributed by atoms with Crippen molar-refractivity contribution in [2.45, 2.75) is 18.9 Å². The van der Waals surface area contributed by atoms with Gasteiger partial charge in [-0.25, -0.2) is 0 Å². The van der Waals surface area contributed by atoms with Crippen LogP contribution >= 0.6 is 0 Å². The summed E-state index contributed by atoms with van der Waals surface area (Å²) in [5.41, 5.74) is 7.81. The Kier molecular flexibility index (Phi) is 2.02. The van der Waals surface area contributed by atoms with Crippen molar-refractivity contribution in [3.8, 4) is 0 Å². The molecule has 68 valence electrons. The molecular formula is C10H12N2O. The van der Waals surface area contributed by atoms with E-state index < -0.39 is 0 Å². The molecule has 1 amide bonds. The molecule has 0 aliphatic carbocycles. The van der Waals surface area contributed by atoms with Gasteiger partial charge in [-0.3, -0.25) is 4.79 Å². The number of hydrogen-bond donors (Lipinski definition) is 2. The summed E-state index contributed by atoms with van der Waals surface area (Å²) < 4.78 is 0. The van der Waals surface area contributed by atoms with E-state index in [-0.39, 0.29) is 11.9 Å². The first kappa shape index (κ1) is 8.26.